The number of benzene rings is 2. The van der Waals surface area contributed by atoms with Gasteiger partial charge >= 0.3 is 5.97 Å². The van der Waals surface area contributed by atoms with Gasteiger partial charge in [0, 0.05) is 6.61 Å². The number of ether oxygens (including phenoxy) is 3. The minimum atomic E-state index is -0.273. The number of unbranched alkanes of at least 4 members (excludes halogenated alkanes) is 1. The van der Waals surface area contributed by atoms with Crippen LogP contribution in [0.25, 0.3) is 0 Å². The van der Waals surface area contributed by atoms with Crippen LogP contribution in [0.5, 0.6) is 5.75 Å². The fraction of sp³-hybridized carbons (Fsp3) is 0.316. The Kier molecular flexibility index (Phi) is 7.14. The summed E-state index contributed by atoms with van der Waals surface area (Å²) in [5.41, 5.74) is 1.70. The van der Waals surface area contributed by atoms with E-state index in [-0.39, 0.29) is 5.97 Å². The zero-order valence-corrected chi connectivity index (χ0v) is 13.4. The van der Waals surface area contributed by atoms with E-state index in [1.165, 1.54) is 0 Å². The Morgan fingerprint density at radius 3 is 2.30 bits per heavy atom. The first kappa shape index (κ1) is 17.0. The lowest BCUT2D eigenvalue weighted by molar-refractivity contribution is 0.0478. The fourth-order valence-corrected chi connectivity index (χ4v) is 2.04. The topological polar surface area (TPSA) is 44.8 Å². The maximum absolute atomic E-state index is 11.7. The van der Waals surface area contributed by atoms with Crippen molar-refractivity contribution >= 4 is 5.97 Å². The smallest absolute Gasteiger partial charge is 0.338 e. The summed E-state index contributed by atoms with van der Waals surface area (Å²) < 4.78 is 15.9. The van der Waals surface area contributed by atoms with Crippen molar-refractivity contribution in [2.24, 2.45) is 0 Å². The summed E-state index contributed by atoms with van der Waals surface area (Å²) in [5, 5.41) is 0. The summed E-state index contributed by atoms with van der Waals surface area (Å²) in [6, 6.07) is 16.8. The predicted molar refractivity (Wildman–Crippen MR) is 88.6 cm³/mol. The van der Waals surface area contributed by atoms with E-state index in [0.29, 0.717) is 25.4 Å². The maximum Gasteiger partial charge on any atom is 0.338 e. The zero-order chi connectivity index (χ0) is 16.3. The van der Waals surface area contributed by atoms with Crippen molar-refractivity contribution < 1.29 is 19.0 Å². The van der Waals surface area contributed by atoms with Gasteiger partial charge in [0.1, 0.15) is 5.75 Å². The van der Waals surface area contributed by atoms with Crippen LogP contribution in [0.1, 0.15) is 28.8 Å². The van der Waals surface area contributed by atoms with E-state index < -0.39 is 0 Å². The Balaban J connectivity index is 1.53. The molecular formula is C19H22O4. The molecule has 0 saturated heterocycles. The van der Waals surface area contributed by atoms with Crippen molar-refractivity contribution in [3.8, 4) is 5.75 Å². The van der Waals surface area contributed by atoms with Crippen molar-refractivity contribution in [2.45, 2.75) is 19.4 Å². The molecular weight excluding hydrogens is 292 g/mol. The number of hydrogen-bond donors (Lipinski definition) is 0. The lowest BCUT2D eigenvalue weighted by atomic mass is 10.2. The van der Waals surface area contributed by atoms with Gasteiger partial charge in [0.05, 0.1) is 25.9 Å². The van der Waals surface area contributed by atoms with Crippen LogP contribution in [0.4, 0.5) is 0 Å². The minimum Gasteiger partial charge on any atom is -0.497 e. The first-order valence-electron chi connectivity index (χ1n) is 7.72. The van der Waals surface area contributed by atoms with Crippen molar-refractivity contribution in [3.05, 3.63) is 65.7 Å². The van der Waals surface area contributed by atoms with Gasteiger partial charge < -0.3 is 14.2 Å². The normalized spacial score (nSPS) is 10.3. The van der Waals surface area contributed by atoms with Gasteiger partial charge in [-0.2, -0.15) is 0 Å². The lowest BCUT2D eigenvalue weighted by Crippen LogP contribution is -2.07. The van der Waals surface area contributed by atoms with E-state index in [1.807, 2.05) is 42.5 Å². The summed E-state index contributed by atoms with van der Waals surface area (Å²) in [4.78, 5) is 11.7. The maximum atomic E-state index is 11.7. The third-order valence-electron chi connectivity index (χ3n) is 3.35. The van der Waals surface area contributed by atoms with Crippen LogP contribution in [0.2, 0.25) is 0 Å². The van der Waals surface area contributed by atoms with Gasteiger partial charge in [-0.1, -0.05) is 30.3 Å². The van der Waals surface area contributed by atoms with Crippen LogP contribution >= 0.6 is 0 Å². The number of methoxy groups -OCH3 is 1. The molecule has 0 radical (unpaired) electrons. The molecule has 0 amide bonds. The Bertz CT molecular complexity index is 578. The third-order valence-corrected chi connectivity index (χ3v) is 3.35. The van der Waals surface area contributed by atoms with E-state index in [9.17, 15) is 4.79 Å². The van der Waals surface area contributed by atoms with Gasteiger partial charge in [0.15, 0.2) is 0 Å². The molecule has 122 valence electrons. The monoisotopic (exact) mass is 314 g/mol. The molecule has 0 N–H and O–H groups in total. The number of hydrogen-bond acceptors (Lipinski definition) is 4. The van der Waals surface area contributed by atoms with Crippen LogP contribution in [-0.4, -0.2) is 26.3 Å². The zero-order valence-electron chi connectivity index (χ0n) is 13.4. The molecule has 0 aromatic heterocycles. The van der Waals surface area contributed by atoms with Gasteiger partial charge in [-0.25, -0.2) is 4.79 Å². The summed E-state index contributed by atoms with van der Waals surface area (Å²) >= 11 is 0. The van der Waals surface area contributed by atoms with E-state index in [4.69, 9.17) is 14.2 Å². The molecule has 0 aliphatic carbocycles. The average Bonchev–Trinajstić information content (AvgIpc) is 2.62. The van der Waals surface area contributed by atoms with E-state index >= 15 is 0 Å². The average molecular weight is 314 g/mol. The molecule has 0 atom stereocenters. The summed E-state index contributed by atoms with van der Waals surface area (Å²) in [7, 11) is 1.65. The van der Waals surface area contributed by atoms with Gasteiger partial charge in [0.2, 0.25) is 0 Å². The lowest BCUT2D eigenvalue weighted by Gasteiger charge is -2.06. The second-order valence-electron chi connectivity index (χ2n) is 5.11. The first-order chi connectivity index (χ1) is 11.3. The van der Waals surface area contributed by atoms with Crippen LogP contribution < -0.4 is 4.74 Å². The molecule has 2 aromatic carbocycles. The highest BCUT2D eigenvalue weighted by Crippen LogP contribution is 2.12. The SMILES string of the molecule is COc1ccc(COCCCCOC(=O)c2ccccc2)cc1. The third kappa shape index (κ3) is 6.12. The molecule has 0 aliphatic rings. The Hall–Kier alpha value is -2.33. The Morgan fingerprint density at radius 1 is 0.913 bits per heavy atom. The fourth-order valence-electron chi connectivity index (χ4n) is 2.04. The van der Waals surface area contributed by atoms with Crippen LogP contribution in [-0.2, 0) is 16.1 Å². The molecule has 0 heterocycles. The molecule has 4 nitrogen and oxygen atoms in total. The molecule has 0 saturated carbocycles. The van der Waals surface area contributed by atoms with Crippen molar-refractivity contribution in [1.29, 1.82) is 0 Å². The highest BCUT2D eigenvalue weighted by Gasteiger charge is 2.04. The largest absolute Gasteiger partial charge is 0.497 e. The highest BCUT2D eigenvalue weighted by molar-refractivity contribution is 5.89. The standard InChI is InChI=1S/C19H22O4/c1-21-18-11-9-16(10-12-18)15-22-13-5-6-14-23-19(20)17-7-3-2-4-8-17/h2-4,7-12H,5-6,13-15H2,1H3. The molecule has 0 aliphatic heterocycles. The molecule has 23 heavy (non-hydrogen) atoms. The van der Waals surface area contributed by atoms with Crippen molar-refractivity contribution in [1.82, 2.24) is 0 Å². The molecule has 4 heteroatoms. The van der Waals surface area contributed by atoms with Crippen LogP contribution in [0.3, 0.4) is 0 Å². The van der Waals surface area contributed by atoms with Gasteiger partial charge in [0.25, 0.3) is 0 Å². The summed E-state index contributed by atoms with van der Waals surface area (Å²) in [6.07, 6.45) is 1.65. The van der Waals surface area contributed by atoms with Crippen molar-refractivity contribution in [3.63, 3.8) is 0 Å². The van der Waals surface area contributed by atoms with Gasteiger partial charge in [-0.15, -0.1) is 0 Å². The molecule has 0 bridgehead atoms. The predicted octanol–water partition coefficient (Wildman–Crippen LogP) is 3.85. The molecule has 0 unspecified atom stereocenters. The molecule has 2 rings (SSSR count). The van der Waals surface area contributed by atoms with E-state index in [1.54, 1.807) is 19.2 Å². The van der Waals surface area contributed by atoms with Crippen LogP contribution in [0.15, 0.2) is 54.6 Å². The molecule has 0 fully saturated rings. The Morgan fingerprint density at radius 2 is 1.61 bits per heavy atom. The number of rotatable bonds is 9. The minimum absolute atomic E-state index is 0.273. The number of esters is 1. The quantitative estimate of drug-likeness (QED) is 0.521. The highest BCUT2D eigenvalue weighted by atomic mass is 16.5. The number of carbonyl (C=O) groups excluding carboxylic acids is 1. The Labute approximate surface area is 137 Å². The molecule has 0 spiro atoms. The second-order valence-corrected chi connectivity index (χ2v) is 5.11. The number of carbonyl (C=O) groups is 1. The first-order valence-corrected chi connectivity index (χ1v) is 7.72. The van der Waals surface area contributed by atoms with E-state index in [2.05, 4.69) is 0 Å². The summed E-state index contributed by atoms with van der Waals surface area (Å²) in [5.74, 6) is 0.568. The van der Waals surface area contributed by atoms with E-state index in [0.717, 1.165) is 24.2 Å². The van der Waals surface area contributed by atoms with Crippen LogP contribution in [0, 0.1) is 0 Å². The van der Waals surface area contributed by atoms with Gasteiger partial charge in [-0.3, -0.25) is 0 Å². The summed E-state index contributed by atoms with van der Waals surface area (Å²) in [6.45, 7) is 1.64. The van der Waals surface area contributed by atoms with Gasteiger partial charge in [-0.05, 0) is 42.7 Å². The molecule has 2 aromatic rings. The second kappa shape index (κ2) is 9.64. The van der Waals surface area contributed by atoms with Crippen molar-refractivity contribution in [2.75, 3.05) is 20.3 Å².